The minimum atomic E-state index is -0.152. The monoisotopic (exact) mass is 719 g/mol. The number of anilines is 1. The first kappa shape index (κ1) is 35.4. The number of furan rings is 1. The molecule has 1 fully saturated rings. The van der Waals surface area contributed by atoms with Crippen molar-refractivity contribution in [3.8, 4) is 17.2 Å². The highest BCUT2D eigenvalue weighted by Crippen LogP contribution is 2.39. The predicted molar refractivity (Wildman–Crippen MR) is 198 cm³/mol. The van der Waals surface area contributed by atoms with Gasteiger partial charge in [0.15, 0.2) is 11.5 Å². The number of amides is 1. The summed E-state index contributed by atoms with van der Waals surface area (Å²) in [6.45, 7) is 3.28. The summed E-state index contributed by atoms with van der Waals surface area (Å²) in [5.74, 6) is 1.98. The second kappa shape index (κ2) is 16.1. The second-order valence-electron chi connectivity index (χ2n) is 12.7. The summed E-state index contributed by atoms with van der Waals surface area (Å²) in [6, 6.07) is 17.6. The van der Waals surface area contributed by atoms with Crippen LogP contribution in [0, 0.1) is 0 Å². The van der Waals surface area contributed by atoms with Crippen LogP contribution in [0.5, 0.6) is 17.2 Å². The fraction of sp³-hybridized carbons (Fsp3) is 0.368. The van der Waals surface area contributed by atoms with Crippen LogP contribution < -0.4 is 19.5 Å². The van der Waals surface area contributed by atoms with Crippen LogP contribution in [-0.2, 0) is 6.42 Å². The molecule has 0 aliphatic carbocycles. The van der Waals surface area contributed by atoms with Crippen molar-refractivity contribution in [3.05, 3.63) is 99.4 Å². The van der Waals surface area contributed by atoms with Crippen molar-refractivity contribution in [2.75, 3.05) is 59.9 Å². The Hall–Kier alpha value is -4.38. The first-order valence-electron chi connectivity index (χ1n) is 16.7. The van der Waals surface area contributed by atoms with Gasteiger partial charge in [0, 0.05) is 50.6 Å². The molecule has 0 radical (unpaired) electrons. The smallest absolute Gasteiger partial charge is 0.253 e. The van der Waals surface area contributed by atoms with E-state index < -0.39 is 0 Å². The van der Waals surface area contributed by atoms with E-state index in [2.05, 4.69) is 33.4 Å². The van der Waals surface area contributed by atoms with E-state index >= 15 is 0 Å². The molecule has 3 heterocycles. The number of halogens is 2. The Morgan fingerprint density at radius 1 is 1.04 bits per heavy atom. The summed E-state index contributed by atoms with van der Waals surface area (Å²) in [4.78, 5) is 26.3. The van der Waals surface area contributed by atoms with Gasteiger partial charge in [-0.1, -0.05) is 41.4 Å². The van der Waals surface area contributed by atoms with Gasteiger partial charge in [-0.3, -0.25) is 4.79 Å². The molecule has 1 saturated heterocycles. The predicted octanol–water partition coefficient (Wildman–Crippen LogP) is 7.90. The maximum atomic E-state index is 13.7. The number of nitrogens with zero attached hydrogens (tertiary/aromatic N) is 3. The number of aromatic amines is 1. The van der Waals surface area contributed by atoms with Gasteiger partial charge in [0.25, 0.3) is 5.91 Å². The zero-order valence-corrected chi connectivity index (χ0v) is 30.3. The molecule has 1 aliphatic rings. The molecule has 1 amide bonds. The largest absolute Gasteiger partial charge is 0.493 e. The molecule has 10 nitrogen and oxygen atoms in total. The molecule has 2 N–H and O–H groups in total. The van der Waals surface area contributed by atoms with E-state index in [-0.39, 0.29) is 11.8 Å². The highest BCUT2D eigenvalue weighted by atomic mass is 35.5. The number of methoxy groups -OCH3 is 3. The molecule has 5 aromatic rings. The topological polar surface area (TPSA) is 105 Å². The number of fused-ring (bicyclic) bond motifs is 1. The molecule has 264 valence electrons. The molecular formula is C38H43Cl2N5O5. The summed E-state index contributed by atoms with van der Waals surface area (Å²) >= 11 is 12.7. The number of para-hydroxylation sites is 1. The fourth-order valence-electron chi connectivity index (χ4n) is 6.72. The summed E-state index contributed by atoms with van der Waals surface area (Å²) in [6.07, 6.45) is 7.08. The molecule has 1 aliphatic heterocycles. The number of rotatable bonds is 14. The third-order valence-corrected chi connectivity index (χ3v) is 10.2. The SMILES string of the molecule is COc1cc(C(=O)N(C)CC(CCN2CCC(Nc3nc4c(Cc5ccoc5)cccc4[nH]3)CC2)c2ccc(Cl)c(Cl)c2)cc(OC)c1OC. The van der Waals surface area contributed by atoms with E-state index in [0.717, 1.165) is 79.0 Å². The third kappa shape index (κ3) is 8.15. The molecule has 2 aromatic heterocycles. The third-order valence-electron chi connectivity index (χ3n) is 9.46. The standard InChI is InChI=1S/C38H43Cl2N5O5/c1-44(37(46)28-20-33(47-2)36(49-4)34(21-28)48-3)22-27(25-8-9-30(39)31(40)19-25)10-14-45-15-11-29(12-16-45)41-38-42-32-7-5-6-26(35(32)43-38)18-24-13-17-50-23-24/h5-9,13,17,19-21,23,27,29H,10-12,14-16,18,22H2,1-4H3,(H2,41,42,43). The Morgan fingerprint density at radius 2 is 1.80 bits per heavy atom. The summed E-state index contributed by atoms with van der Waals surface area (Å²) in [5, 5.41) is 4.65. The minimum absolute atomic E-state index is 0.0309. The zero-order valence-electron chi connectivity index (χ0n) is 28.8. The number of carbonyl (C=O) groups is 1. The summed E-state index contributed by atoms with van der Waals surface area (Å²) in [7, 11) is 6.42. The zero-order chi connectivity index (χ0) is 35.2. The number of carbonyl (C=O) groups excluding carboxylic acids is 1. The molecule has 50 heavy (non-hydrogen) atoms. The molecule has 1 unspecified atom stereocenters. The Bertz CT molecular complexity index is 1880. The number of aromatic nitrogens is 2. The molecule has 0 spiro atoms. The van der Waals surface area contributed by atoms with E-state index in [9.17, 15) is 4.79 Å². The lowest BCUT2D eigenvalue weighted by Gasteiger charge is -2.34. The van der Waals surface area contributed by atoms with Crippen LogP contribution in [0.3, 0.4) is 0 Å². The number of imidazole rings is 1. The molecular weight excluding hydrogens is 677 g/mol. The van der Waals surface area contributed by atoms with Crippen molar-refractivity contribution in [1.82, 2.24) is 19.8 Å². The van der Waals surface area contributed by atoms with Crippen molar-refractivity contribution in [2.24, 2.45) is 0 Å². The molecule has 0 bridgehead atoms. The van der Waals surface area contributed by atoms with Crippen LogP contribution in [-0.4, -0.2) is 86.3 Å². The Labute approximate surface area is 302 Å². The molecule has 3 aromatic carbocycles. The van der Waals surface area contributed by atoms with Gasteiger partial charge in [-0.05, 0) is 78.9 Å². The van der Waals surface area contributed by atoms with Gasteiger partial charge in [-0.15, -0.1) is 0 Å². The number of hydrogen-bond acceptors (Lipinski definition) is 8. The van der Waals surface area contributed by atoms with Gasteiger partial charge < -0.3 is 38.7 Å². The normalized spacial score (nSPS) is 14.4. The summed E-state index contributed by atoms with van der Waals surface area (Å²) < 4.78 is 21.7. The number of likely N-dealkylation sites (N-methyl/N-ethyl adjacent to an activating group) is 1. The van der Waals surface area contributed by atoms with Crippen LogP contribution in [0.4, 0.5) is 5.95 Å². The van der Waals surface area contributed by atoms with Crippen LogP contribution >= 0.6 is 23.2 Å². The lowest BCUT2D eigenvalue weighted by atomic mass is 9.94. The van der Waals surface area contributed by atoms with E-state index in [0.29, 0.717) is 45.4 Å². The number of benzene rings is 3. The van der Waals surface area contributed by atoms with Crippen LogP contribution in [0.25, 0.3) is 11.0 Å². The Morgan fingerprint density at radius 3 is 2.46 bits per heavy atom. The van der Waals surface area contributed by atoms with Crippen molar-refractivity contribution >= 4 is 46.1 Å². The van der Waals surface area contributed by atoms with Gasteiger partial charge in [0.2, 0.25) is 11.7 Å². The maximum Gasteiger partial charge on any atom is 0.253 e. The Balaban J connectivity index is 1.08. The highest BCUT2D eigenvalue weighted by molar-refractivity contribution is 6.42. The number of ether oxygens (including phenoxy) is 3. The first-order valence-corrected chi connectivity index (χ1v) is 17.5. The lowest BCUT2D eigenvalue weighted by Crippen LogP contribution is -2.40. The molecule has 0 saturated carbocycles. The fourth-order valence-corrected chi connectivity index (χ4v) is 7.02. The number of nitrogens with one attached hydrogen (secondary N) is 2. The number of hydrogen-bond donors (Lipinski definition) is 2. The van der Waals surface area contributed by atoms with Gasteiger partial charge in [-0.25, -0.2) is 4.98 Å². The van der Waals surface area contributed by atoms with Crippen molar-refractivity contribution in [1.29, 1.82) is 0 Å². The van der Waals surface area contributed by atoms with E-state index in [1.165, 1.54) is 21.3 Å². The van der Waals surface area contributed by atoms with Gasteiger partial charge in [-0.2, -0.15) is 0 Å². The molecule has 12 heteroatoms. The first-order chi connectivity index (χ1) is 24.3. The van der Waals surface area contributed by atoms with Gasteiger partial charge in [0.05, 0.1) is 54.9 Å². The lowest BCUT2D eigenvalue weighted by molar-refractivity contribution is 0.0781. The average molecular weight is 721 g/mol. The van der Waals surface area contributed by atoms with Crippen molar-refractivity contribution < 1.29 is 23.4 Å². The van der Waals surface area contributed by atoms with E-state index in [1.54, 1.807) is 29.6 Å². The van der Waals surface area contributed by atoms with E-state index in [1.807, 2.05) is 31.3 Å². The maximum absolute atomic E-state index is 13.7. The number of piperidine rings is 1. The van der Waals surface area contributed by atoms with Crippen LogP contribution in [0.15, 0.2) is 71.5 Å². The molecule has 6 rings (SSSR count). The quantitative estimate of drug-likeness (QED) is 0.119. The van der Waals surface area contributed by atoms with Crippen LogP contribution in [0.2, 0.25) is 10.0 Å². The minimum Gasteiger partial charge on any atom is -0.493 e. The highest BCUT2D eigenvalue weighted by Gasteiger charge is 2.25. The van der Waals surface area contributed by atoms with Crippen LogP contribution in [0.1, 0.15) is 52.2 Å². The molecule has 1 atom stereocenters. The average Bonchev–Trinajstić information content (AvgIpc) is 3.81. The number of likely N-dealkylation sites (tertiary alicyclic amines) is 1. The second-order valence-corrected chi connectivity index (χ2v) is 13.5. The number of H-pyrrole nitrogens is 1. The van der Waals surface area contributed by atoms with Crippen molar-refractivity contribution in [2.45, 2.75) is 37.6 Å². The van der Waals surface area contributed by atoms with Gasteiger partial charge in [0.1, 0.15) is 0 Å². The Kier molecular flexibility index (Phi) is 11.4. The summed E-state index contributed by atoms with van der Waals surface area (Å²) in [5.41, 5.74) is 5.78. The van der Waals surface area contributed by atoms with E-state index in [4.69, 9.17) is 46.8 Å². The van der Waals surface area contributed by atoms with Gasteiger partial charge >= 0.3 is 0 Å². The van der Waals surface area contributed by atoms with Crippen molar-refractivity contribution in [3.63, 3.8) is 0 Å².